The summed E-state index contributed by atoms with van der Waals surface area (Å²) in [6.45, 7) is 2.12. The molecule has 1 N–H and O–H groups in total. The third kappa shape index (κ3) is 2.73. The van der Waals surface area contributed by atoms with E-state index >= 15 is 0 Å². The van der Waals surface area contributed by atoms with Crippen molar-refractivity contribution in [1.29, 1.82) is 0 Å². The van der Waals surface area contributed by atoms with Crippen LogP contribution in [-0.4, -0.2) is 14.2 Å². The summed E-state index contributed by atoms with van der Waals surface area (Å²) >= 11 is 7.07. The van der Waals surface area contributed by atoms with Crippen molar-refractivity contribution in [2.24, 2.45) is 0 Å². The van der Waals surface area contributed by atoms with Gasteiger partial charge in [0.15, 0.2) is 0 Å². The van der Waals surface area contributed by atoms with Gasteiger partial charge in [-0.2, -0.15) is 0 Å². The highest BCUT2D eigenvalue weighted by atomic mass is 79.9. The van der Waals surface area contributed by atoms with E-state index in [1.165, 1.54) is 19.1 Å². The normalized spacial score (nSPS) is 12.7. The lowest BCUT2D eigenvalue weighted by atomic mass is 10.2. The Bertz CT molecular complexity index is 487. The smallest absolute Gasteiger partial charge is 0.129 e. The zero-order chi connectivity index (χ0) is 12.4. The minimum Gasteiger partial charge on any atom is -0.496 e. The summed E-state index contributed by atoms with van der Waals surface area (Å²) in [5.74, 6) is 0.928. The fourth-order valence-electron chi connectivity index (χ4n) is 1.64. The lowest BCUT2D eigenvalue weighted by molar-refractivity contribution is 0.416. The number of rotatable bonds is 4. The van der Waals surface area contributed by atoms with E-state index in [1.807, 2.05) is 12.4 Å². The van der Waals surface area contributed by atoms with Crippen LogP contribution in [0.15, 0.2) is 21.3 Å². The summed E-state index contributed by atoms with van der Waals surface area (Å²) in [6, 6.07) is 4.57. The Balaban J connectivity index is 2.32. The van der Waals surface area contributed by atoms with Crippen LogP contribution < -0.4 is 10.1 Å². The van der Waals surface area contributed by atoms with Gasteiger partial charge in [0, 0.05) is 15.1 Å². The topological polar surface area (TPSA) is 21.3 Å². The van der Waals surface area contributed by atoms with Gasteiger partial charge >= 0.3 is 0 Å². The van der Waals surface area contributed by atoms with Crippen molar-refractivity contribution in [3.8, 4) is 5.75 Å². The highest BCUT2D eigenvalue weighted by molar-refractivity contribution is 9.11. The number of hydrogen-bond acceptors (Lipinski definition) is 4. The number of ether oxygens (including phenoxy) is 1. The predicted octanol–water partition coefficient (Wildman–Crippen LogP) is 4.20. The van der Waals surface area contributed by atoms with Gasteiger partial charge in [-0.3, -0.25) is 0 Å². The second-order valence-electron chi connectivity index (χ2n) is 3.72. The molecular weight excluding hydrogens is 318 g/mol. The van der Waals surface area contributed by atoms with Crippen LogP contribution in [0.5, 0.6) is 5.75 Å². The fraction of sp³-hybridized carbons (Fsp3) is 0.333. The van der Waals surface area contributed by atoms with Gasteiger partial charge in [-0.1, -0.05) is 0 Å². The molecule has 0 bridgehead atoms. The molecule has 0 radical (unpaired) electrons. The Morgan fingerprint density at radius 1 is 1.35 bits per heavy atom. The van der Waals surface area contributed by atoms with E-state index in [-0.39, 0.29) is 6.04 Å². The number of thiophene rings is 2. The quantitative estimate of drug-likeness (QED) is 0.906. The van der Waals surface area contributed by atoms with Crippen LogP contribution >= 0.6 is 38.6 Å². The van der Waals surface area contributed by atoms with E-state index in [0.717, 1.165) is 5.75 Å². The molecule has 0 saturated carbocycles. The zero-order valence-corrected chi connectivity index (χ0v) is 13.1. The summed E-state index contributed by atoms with van der Waals surface area (Å²) < 4.78 is 6.44. The van der Waals surface area contributed by atoms with Gasteiger partial charge in [-0.05, 0) is 47.6 Å². The molecule has 0 aromatic carbocycles. The third-order valence-electron chi connectivity index (χ3n) is 2.57. The van der Waals surface area contributed by atoms with Gasteiger partial charge in [-0.25, -0.2) is 0 Å². The van der Waals surface area contributed by atoms with Crippen LogP contribution in [0, 0.1) is 6.92 Å². The van der Waals surface area contributed by atoms with Crippen molar-refractivity contribution in [2.45, 2.75) is 13.0 Å². The second-order valence-corrected chi connectivity index (χ2v) is 7.06. The maximum Gasteiger partial charge on any atom is 0.129 e. The van der Waals surface area contributed by atoms with E-state index in [1.54, 1.807) is 29.8 Å². The lowest BCUT2D eigenvalue weighted by Crippen LogP contribution is -2.15. The van der Waals surface area contributed by atoms with Gasteiger partial charge < -0.3 is 10.1 Å². The van der Waals surface area contributed by atoms with Crippen molar-refractivity contribution in [3.05, 3.63) is 36.6 Å². The highest BCUT2D eigenvalue weighted by Gasteiger charge is 2.17. The van der Waals surface area contributed by atoms with E-state index in [9.17, 15) is 0 Å². The summed E-state index contributed by atoms with van der Waals surface area (Å²) in [5.41, 5.74) is 1.29. The number of hydrogen-bond donors (Lipinski definition) is 1. The van der Waals surface area contributed by atoms with Crippen molar-refractivity contribution in [2.75, 3.05) is 14.2 Å². The first-order chi connectivity index (χ1) is 8.15. The average molecular weight is 332 g/mol. The fourth-order valence-corrected chi connectivity index (χ4v) is 4.40. The molecule has 0 aliphatic rings. The van der Waals surface area contributed by atoms with Crippen molar-refractivity contribution in [1.82, 2.24) is 5.32 Å². The highest BCUT2D eigenvalue weighted by Crippen LogP contribution is 2.37. The molecule has 17 heavy (non-hydrogen) atoms. The molecule has 1 atom stereocenters. The van der Waals surface area contributed by atoms with Gasteiger partial charge in [-0.15, -0.1) is 22.7 Å². The molecule has 0 spiro atoms. The molecule has 0 saturated heterocycles. The van der Waals surface area contributed by atoms with Gasteiger partial charge in [0.25, 0.3) is 0 Å². The van der Waals surface area contributed by atoms with Crippen LogP contribution in [0.1, 0.15) is 21.4 Å². The van der Waals surface area contributed by atoms with E-state index in [0.29, 0.717) is 0 Å². The van der Waals surface area contributed by atoms with Gasteiger partial charge in [0.2, 0.25) is 0 Å². The molecule has 2 rings (SSSR count). The van der Waals surface area contributed by atoms with Crippen LogP contribution in [0.2, 0.25) is 0 Å². The summed E-state index contributed by atoms with van der Waals surface area (Å²) in [7, 11) is 3.69. The van der Waals surface area contributed by atoms with Crippen molar-refractivity contribution >= 4 is 38.6 Å². The van der Waals surface area contributed by atoms with Crippen LogP contribution in [-0.2, 0) is 0 Å². The van der Waals surface area contributed by atoms with E-state index in [4.69, 9.17) is 4.74 Å². The second kappa shape index (κ2) is 5.52. The van der Waals surface area contributed by atoms with Crippen LogP contribution in [0.3, 0.4) is 0 Å². The number of aryl methyl sites for hydroxylation is 1. The number of nitrogens with one attached hydrogen (secondary N) is 1. The first-order valence-electron chi connectivity index (χ1n) is 5.21. The zero-order valence-electron chi connectivity index (χ0n) is 9.91. The van der Waals surface area contributed by atoms with E-state index < -0.39 is 0 Å². The number of halogens is 1. The molecule has 0 amide bonds. The molecule has 2 aromatic heterocycles. The Morgan fingerprint density at radius 2 is 2.12 bits per heavy atom. The average Bonchev–Trinajstić information content (AvgIpc) is 2.89. The molecule has 92 valence electrons. The minimum atomic E-state index is 0.249. The van der Waals surface area contributed by atoms with E-state index in [2.05, 4.69) is 40.3 Å². The molecule has 0 aliphatic heterocycles. The molecule has 1 unspecified atom stereocenters. The van der Waals surface area contributed by atoms with Gasteiger partial charge in [0.05, 0.1) is 16.9 Å². The summed E-state index contributed by atoms with van der Waals surface area (Å²) in [6.07, 6.45) is 0. The monoisotopic (exact) mass is 331 g/mol. The first kappa shape index (κ1) is 13.1. The molecule has 0 fully saturated rings. The Labute approximate surface area is 118 Å². The minimum absolute atomic E-state index is 0.249. The number of methoxy groups -OCH3 is 1. The largest absolute Gasteiger partial charge is 0.496 e. The summed E-state index contributed by atoms with van der Waals surface area (Å²) in [5, 5.41) is 5.39. The van der Waals surface area contributed by atoms with Crippen LogP contribution in [0.25, 0.3) is 0 Å². The molecule has 0 aliphatic carbocycles. The predicted molar refractivity (Wildman–Crippen MR) is 78.5 cm³/mol. The first-order valence-corrected chi connectivity index (χ1v) is 7.70. The van der Waals surface area contributed by atoms with Crippen molar-refractivity contribution < 1.29 is 4.74 Å². The summed E-state index contributed by atoms with van der Waals surface area (Å²) in [4.78, 5) is 2.60. The van der Waals surface area contributed by atoms with Gasteiger partial charge in [0.1, 0.15) is 5.75 Å². The van der Waals surface area contributed by atoms with Crippen molar-refractivity contribution in [3.63, 3.8) is 0 Å². The Morgan fingerprint density at radius 3 is 2.59 bits per heavy atom. The maximum atomic E-state index is 5.23. The standard InChI is InChI=1S/C12H14BrNOS2/c1-7-4-10(17-12(7)13)11(14-2)9-5-8(15-3)6-16-9/h4-6,11,14H,1-3H3. The lowest BCUT2D eigenvalue weighted by Gasteiger charge is -2.11. The molecule has 2 aromatic rings. The molecule has 5 heteroatoms. The Hall–Kier alpha value is -0.360. The molecular formula is C12H14BrNOS2. The maximum absolute atomic E-state index is 5.23. The SMILES string of the molecule is CNC(c1cc(OC)cs1)c1cc(C)c(Br)s1. The third-order valence-corrected chi connectivity index (χ3v) is 5.74. The molecule has 2 heterocycles. The van der Waals surface area contributed by atoms with Crippen LogP contribution in [0.4, 0.5) is 0 Å². The molecule has 2 nitrogen and oxygen atoms in total. The Kier molecular flexibility index (Phi) is 4.25.